The van der Waals surface area contributed by atoms with E-state index in [1.54, 1.807) is 0 Å². The summed E-state index contributed by atoms with van der Waals surface area (Å²) in [5.41, 5.74) is 0. The first-order valence-corrected chi connectivity index (χ1v) is 10.1. The van der Waals surface area contributed by atoms with E-state index in [-0.39, 0.29) is 18.3 Å². The minimum Gasteiger partial charge on any atom is -0.370 e. The first-order valence-electron chi connectivity index (χ1n) is 10.1. The Morgan fingerprint density at radius 3 is 2.84 bits per heavy atom. The molecule has 142 valence electrons. The Labute approximate surface area is 152 Å². The Morgan fingerprint density at radius 1 is 1.24 bits per heavy atom. The molecule has 1 saturated carbocycles. The second kappa shape index (κ2) is 8.32. The van der Waals surface area contributed by atoms with Gasteiger partial charge in [0, 0.05) is 25.2 Å². The van der Waals surface area contributed by atoms with Gasteiger partial charge in [0.1, 0.15) is 6.29 Å². The van der Waals surface area contributed by atoms with Gasteiger partial charge in [0.25, 0.3) is 0 Å². The lowest BCUT2D eigenvalue weighted by molar-refractivity contribution is -0.341. The molecule has 2 heterocycles. The van der Waals surface area contributed by atoms with E-state index < -0.39 is 5.79 Å². The molecule has 0 bridgehead atoms. The van der Waals surface area contributed by atoms with Crippen molar-refractivity contribution in [2.45, 2.75) is 89.8 Å². The smallest absolute Gasteiger partial charge is 0.171 e. The molecular weight excluding hydrogens is 316 g/mol. The highest BCUT2D eigenvalue weighted by Crippen LogP contribution is 2.47. The Balaban J connectivity index is 1.64. The Hall–Kier alpha value is -0.710. The molecule has 0 N–H and O–H groups in total. The Bertz CT molecular complexity index is 475. The molecule has 0 amide bonds. The molecule has 0 aromatic heterocycles. The third kappa shape index (κ3) is 4.53. The van der Waals surface area contributed by atoms with Crippen molar-refractivity contribution in [1.82, 2.24) is 0 Å². The van der Waals surface area contributed by atoms with E-state index >= 15 is 0 Å². The van der Waals surface area contributed by atoms with Crippen LogP contribution in [-0.4, -0.2) is 37.0 Å². The number of aldehydes is 1. The van der Waals surface area contributed by atoms with Crippen molar-refractivity contribution >= 4 is 6.29 Å². The minimum atomic E-state index is -0.401. The molecule has 2 fully saturated rings. The first-order chi connectivity index (χ1) is 12.0. The number of rotatable bonds is 5. The van der Waals surface area contributed by atoms with E-state index in [1.807, 2.05) is 6.08 Å². The maximum Gasteiger partial charge on any atom is 0.171 e. The van der Waals surface area contributed by atoms with Crippen LogP contribution in [0.1, 0.15) is 65.7 Å². The van der Waals surface area contributed by atoms with Crippen LogP contribution in [0.25, 0.3) is 0 Å². The number of ether oxygens (including phenoxy) is 3. The van der Waals surface area contributed by atoms with E-state index in [4.69, 9.17) is 14.2 Å². The molecule has 2 aliphatic heterocycles. The molecule has 1 aliphatic carbocycles. The molecule has 1 saturated heterocycles. The summed E-state index contributed by atoms with van der Waals surface area (Å²) in [6.07, 6.45) is 12.0. The second-order valence-corrected chi connectivity index (χ2v) is 8.52. The first kappa shape index (κ1) is 19.1. The van der Waals surface area contributed by atoms with Gasteiger partial charge in [-0.25, -0.2) is 0 Å². The summed E-state index contributed by atoms with van der Waals surface area (Å²) in [5.74, 6) is 1.29. The predicted octanol–water partition coefficient (Wildman–Crippen LogP) is 4.27. The number of carbonyl (C=O) groups is 1. The minimum absolute atomic E-state index is 0.0665. The van der Waals surface area contributed by atoms with Crippen LogP contribution in [0.15, 0.2) is 12.2 Å². The highest BCUT2D eigenvalue weighted by Gasteiger charge is 2.49. The number of carbonyl (C=O) groups excluding carboxylic acids is 1. The average Bonchev–Trinajstić information content (AvgIpc) is 2.55. The lowest BCUT2D eigenvalue weighted by atomic mass is 9.72. The molecular formula is C21H34O4. The fraction of sp³-hybridized carbons (Fsp3) is 0.857. The summed E-state index contributed by atoms with van der Waals surface area (Å²) in [6.45, 7) is 7.67. The van der Waals surface area contributed by atoms with Gasteiger partial charge in [0.2, 0.25) is 0 Å². The molecule has 6 unspecified atom stereocenters. The van der Waals surface area contributed by atoms with Crippen LogP contribution in [0.3, 0.4) is 0 Å². The highest BCUT2D eigenvalue weighted by molar-refractivity contribution is 5.50. The van der Waals surface area contributed by atoms with Gasteiger partial charge in [0.15, 0.2) is 5.79 Å². The summed E-state index contributed by atoms with van der Waals surface area (Å²) in [6, 6.07) is 0. The molecule has 3 aliphatic rings. The van der Waals surface area contributed by atoms with Crippen molar-refractivity contribution < 1.29 is 19.0 Å². The largest absolute Gasteiger partial charge is 0.370 e. The van der Waals surface area contributed by atoms with Crippen LogP contribution >= 0.6 is 0 Å². The monoisotopic (exact) mass is 350 g/mol. The van der Waals surface area contributed by atoms with Crippen LogP contribution in [0.2, 0.25) is 0 Å². The summed E-state index contributed by atoms with van der Waals surface area (Å²) in [7, 11) is 0. The topological polar surface area (TPSA) is 44.8 Å². The van der Waals surface area contributed by atoms with Crippen molar-refractivity contribution in [3.63, 3.8) is 0 Å². The van der Waals surface area contributed by atoms with Crippen LogP contribution in [-0.2, 0) is 19.0 Å². The molecule has 4 nitrogen and oxygen atoms in total. The molecule has 25 heavy (non-hydrogen) atoms. The zero-order valence-electron chi connectivity index (χ0n) is 16.0. The number of hydrogen-bond acceptors (Lipinski definition) is 4. The summed E-state index contributed by atoms with van der Waals surface area (Å²) >= 11 is 0. The SMILES string of the molecule is CC1CCC(C(C)C)C2(C1)OCCC(CC1CC=CC(CC=O)O1)O2. The van der Waals surface area contributed by atoms with Crippen LogP contribution in [0, 0.1) is 17.8 Å². The van der Waals surface area contributed by atoms with Crippen LogP contribution in [0.4, 0.5) is 0 Å². The van der Waals surface area contributed by atoms with E-state index in [0.717, 1.165) is 38.6 Å². The quantitative estimate of drug-likeness (QED) is 0.548. The Morgan fingerprint density at radius 2 is 2.08 bits per heavy atom. The van der Waals surface area contributed by atoms with Crippen molar-refractivity contribution in [3.05, 3.63) is 12.2 Å². The van der Waals surface area contributed by atoms with Gasteiger partial charge >= 0.3 is 0 Å². The maximum absolute atomic E-state index is 10.7. The van der Waals surface area contributed by atoms with Crippen LogP contribution < -0.4 is 0 Å². The van der Waals surface area contributed by atoms with Crippen molar-refractivity contribution in [1.29, 1.82) is 0 Å². The average molecular weight is 350 g/mol. The highest BCUT2D eigenvalue weighted by atomic mass is 16.7. The molecule has 0 radical (unpaired) electrons. The van der Waals surface area contributed by atoms with Gasteiger partial charge in [-0.05, 0) is 31.1 Å². The normalized spacial score (nSPS) is 42.0. The zero-order valence-corrected chi connectivity index (χ0v) is 16.0. The summed E-state index contributed by atoms with van der Waals surface area (Å²) in [4.78, 5) is 10.7. The molecule has 1 spiro atoms. The predicted molar refractivity (Wildman–Crippen MR) is 97.2 cm³/mol. The van der Waals surface area contributed by atoms with Crippen molar-refractivity contribution in [2.75, 3.05) is 6.61 Å². The van der Waals surface area contributed by atoms with Gasteiger partial charge in [0.05, 0.1) is 24.9 Å². The molecule has 3 rings (SSSR count). The second-order valence-electron chi connectivity index (χ2n) is 8.52. The molecule has 6 atom stereocenters. The van der Waals surface area contributed by atoms with E-state index in [1.165, 1.54) is 12.8 Å². The lowest BCUT2D eigenvalue weighted by Crippen LogP contribution is -2.55. The third-order valence-electron chi connectivity index (χ3n) is 6.10. The standard InChI is InChI=1S/C21H34O4/c1-15(2)20-8-7-16(3)14-21(20)23-12-10-19(25-21)13-18-6-4-5-17(24-18)9-11-22/h4-5,11,15-20H,6-10,12-14H2,1-3H3. The van der Waals surface area contributed by atoms with Gasteiger partial charge in [-0.1, -0.05) is 39.3 Å². The van der Waals surface area contributed by atoms with E-state index in [0.29, 0.717) is 24.2 Å². The summed E-state index contributed by atoms with van der Waals surface area (Å²) < 4.78 is 19.0. The molecule has 0 aromatic carbocycles. The van der Waals surface area contributed by atoms with Crippen LogP contribution in [0.5, 0.6) is 0 Å². The molecule has 4 heteroatoms. The Kier molecular flexibility index (Phi) is 6.35. The maximum atomic E-state index is 10.7. The van der Waals surface area contributed by atoms with Gasteiger partial charge < -0.3 is 19.0 Å². The zero-order chi connectivity index (χ0) is 17.9. The fourth-order valence-corrected chi connectivity index (χ4v) is 4.87. The third-order valence-corrected chi connectivity index (χ3v) is 6.10. The van der Waals surface area contributed by atoms with E-state index in [9.17, 15) is 4.79 Å². The van der Waals surface area contributed by atoms with Gasteiger partial charge in [-0.2, -0.15) is 0 Å². The number of hydrogen-bond donors (Lipinski definition) is 0. The van der Waals surface area contributed by atoms with Gasteiger partial charge in [-0.15, -0.1) is 0 Å². The van der Waals surface area contributed by atoms with E-state index in [2.05, 4.69) is 26.8 Å². The summed E-state index contributed by atoms with van der Waals surface area (Å²) in [5, 5.41) is 0. The van der Waals surface area contributed by atoms with Crippen molar-refractivity contribution in [3.8, 4) is 0 Å². The lowest BCUT2D eigenvalue weighted by Gasteiger charge is -2.51. The fourth-order valence-electron chi connectivity index (χ4n) is 4.87. The van der Waals surface area contributed by atoms with Crippen molar-refractivity contribution in [2.24, 2.45) is 17.8 Å². The van der Waals surface area contributed by atoms with Gasteiger partial charge in [-0.3, -0.25) is 0 Å². The molecule has 0 aromatic rings.